The van der Waals surface area contributed by atoms with E-state index in [2.05, 4.69) is 10.6 Å². The number of urea groups is 1. The van der Waals surface area contributed by atoms with Gasteiger partial charge < -0.3 is 10.1 Å². The van der Waals surface area contributed by atoms with Gasteiger partial charge in [-0.05, 0) is 19.3 Å². The maximum Gasteiger partial charge on any atom is 0.321 e. The summed E-state index contributed by atoms with van der Waals surface area (Å²) in [6.07, 6.45) is 2.97. The van der Waals surface area contributed by atoms with Gasteiger partial charge in [0.05, 0.1) is 13.2 Å². The van der Waals surface area contributed by atoms with E-state index in [9.17, 15) is 9.59 Å². The summed E-state index contributed by atoms with van der Waals surface area (Å²) < 4.78 is 5.30. The first-order chi connectivity index (χ1) is 8.24. The Labute approximate surface area is 101 Å². The molecule has 2 aliphatic rings. The lowest BCUT2D eigenvalue weighted by Crippen LogP contribution is -2.45. The van der Waals surface area contributed by atoms with Gasteiger partial charge in [-0.2, -0.15) is 0 Å². The molecule has 0 bridgehead atoms. The Kier molecular flexibility index (Phi) is 4.33. The van der Waals surface area contributed by atoms with Crippen molar-refractivity contribution in [2.75, 3.05) is 32.8 Å². The maximum absolute atomic E-state index is 11.6. The number of imide groups is 1. The Morgan fingerprint density at radius 2 is 2.06 bits per heavy atom. The molecule has 0 atom stereocenters. The second kappa shape index (κ2) is 5.97. The van der Waals surface area contributed by atoms with Crippen molar-refractivity contribution in [3.63, 3.8) is 0 Å². The minimum Gasteiger partial charge on any atom is -0.380 e. The number of carbonyl (C=O) groups excluding carboxylic acids is 2. The van der Waals surface area contributed by atoms with Crippen LogP contribution in [0.2, 0.25) is 0 Å². The van der Waals surface area contributed by atoms with Gasteiger partial charge in [0.25, 0.3) is 0 Å². The fraction of sp³-hybridized carbons (Fsp3) is 0.818. The van der Waals surface area contributed by atoms with E-state index in [0.29, 0.717) is 6.61 Å². The summed E-state index contributed by atoms with van der Waals surface area (Å²) in [5, 5.41) is 5.07. The van der Waals surface area contributed by atoms with Gasteiger partial charge in [0.1, 0.15) is 0 Å². The molecule has 17 heavy (non-hydrogen) atoms. The predicted octanol–water partition coefficient (Wildman–Crippen LogP) is -0.303. The zero-order valence-corrected chi connectivity index (χ0v) is 9.91. The van der Waals surface area contributed by atoms with Crippen LogP contribution in [0.15, 0.2) is 0 Å². The molecule has 1 saturated heterocycles. The predicted molar refractivity (Wildman–Crippen MR) is 61.6 cm³/mol. The van der Waals surface area contributed by atoms with Crippen molar-refractivity contribution in [2.45, 2.75) is 25.3 Å². The van der Waals surface area contributed by atoms with E-state index >= 15 is 0 Å². The molecule has 0 spiro atoms. The number of hydrogen-bond acceptors (Lipinski definition) is 4. The zero-order chi connectivity index (χ0) is 12.1. The van der Waals surface area contributed by atoms with Crippen molar-refractivity contribution in [2.24, 2.45) is 0 Å². The van der Waals surface area contributed by atoms with Crippen LogP contribution >= 0.6 is 0 Å². The van der Waals surface area contributed by atoms with E-state index in [0.717, 1.165) is 39.0 Å². The Balaban J connectivity index is 1.66. The third kappa shape index (κ3) is 4.70. The van der Waals surface area contributed by atoms with E-state index in [-0.39, 0.29) is 24.5 Å². The normalized spacial score (nSPS) is 21.6. The van der Waals surface area contributed by atoms with Crippen LogP contribution < -0.4 is 10.6 Å². The molecule has 2 N–H and O–H groups in total. The third-order valence-corrected chi connectivity index (χ3v) is 2.85. The molecule has 2 rings (SSSR count). The van der Waals surface area contributed by atoms with Crippen LogP contribution in [0.4, 0.5) is 4.79 Å². The molecule has 6 heteroatoms. The topological polar surface area (TPSA) is 70.7 Å². The van der Waals surface area contributed by atoms with Crippen molar-refractivity contribution in [1.29, 1.82) is 0 Å². The molecule has 2 fully saturated rings. The van der Waals surface area contributed by atoms with E-state index in [1.807, 2.05) is 4.90 Å². The van der Waals surface area contributed by atoms with Crippen LogP contribution in [-0.2, 0) is 9.53 Å². The average molecular weight is 241 g/mol. The van der Waals surface area contributed by atoms with Gasteiger partial charge in [-0.1, -0.05) is 0 Å². The molecule has 0 aromatic rings. The second-order valence-electron chi connectivity index (χ2n) is 4.54. The summed E-state index contributed by atoms with van der Waals surface area (Å²) in [5.41, 5.74) is 0. The monoisotopic (exact) mass is 241 g/mol. The minimum absolute atomic E-state index is 0.245. The summed E-state index contributed by atoms with van der Waals surface area (Å²) in [6.45, 7) is 3.26. The molecular weight excluding hydrogens is 222 g/mol. The zero-order valence-electron chi connectivity index (χ0n) is 9.91. The summed E-state index contributed by atoms with van der Waals surface area (Å²) >= 11 is 0. The Morgan fingerprint density at radius 3 is 2.82 bits per heavy atom. The molecule has 96 valence electrons. The molecule has 1 heterocycles. The lowest BCUT2D eigenvalue weighted by Gasteiger charge is -2.17. The van der Waals surface area contributed by atoms with Crippen molar-refractivity contribution >= 4 is 11.9 Å². The minimum atomic E-state index is -0.372. The summed E-state index contributed by atoms with van der Waals surface area (Å²) in [6, 6.07) is -0.0991. The largest absolute Gasteiger partial charge is 0.380 e. The first kappa shape index (κ1) is 12.3. The van der Waals surface area contributed by atoms with Crippen LogP contribution in [-0.4, -0.2) is 55.7 Å². The van der Waals surface area contributed by atoms with Gasteiger partial charge in [0, 0.05) is 25.7 Å². The number of hydrogen-bond donors (Lipinski definition) is 2. The third-order valence-electron chi connectivity index (χ3n) is 2.85. The molecule has 0 aromatic heterocycles. The van der Waals surface area contributed by atoms with Gasteiger partial charge >= 0.3 is 6.03 Å². The second-order valence-corrected chi connectivity index (χ2v) is 4.54. The quantitative estimate of drug-likeness (QED) is 0.711. The Hall–Kier alpha value is -1.14. The SMILES string of the molecule is O=C(CN1CCCOCC1)NC(=O)NC1CC1. The highest BCUT2D eigenvalue weighted by Crippen LogP contribution is 2.18. The Morgan fingerprint density at radius 1 is 1.24 bits per heavy atom. The molecule has 1 aliphatic heterocycles. The fourth-order valence-electron chi connectivity index (χ4n) is 1.77. The molecule has 0 unspecified atom stereocenters. The molecule has 1 saturated carbocycles. The number of rotatable bonds is 3. The van der Waals surface area contributed by atoms with Crippen LogP contribution in [0.5, 0.6) is 0 Å². The number of carbonyl (C=O) groups is 2. The summed E-state index contributed by atoms with van der Waals surface area (Å²) in [5.74, 6) is -0.245. The smallest absolute Gasteiger partial charge is 0.321 e. The lowest BCUT2D eigenvalue weighted by molar-refractivity contribution is -0.121. The molecule has 0 aromatic carbocycles. The number of amides is 3. The number of ether oxygens (including phenoxy) is 1. The van der Waals surface area contributed by atoms with E-state index < -0.39 is 0 Å². The van der Waals surface area contributed by atoms with Gasteiger partial charge in [0.15, 0.2) is 0 Å². The number of nitrogens with one attached hydrogen (secondary N) is 2. The summed E-state index contributed by atoms with van der Waals surface area (Å²) in [7, 11) is 0. The van der Waals surface area contributed by atoms with Crippen LogP contribution in [0.3, 0.4) is 0 Å². The van der Waals surface area contributed by atoms with E-state index in [1.165, 1.54) is 0 Å². The number of nitrogens with zero attached hydrogens (tertiary/aromatic N) is 1. The molecule has 6 nitrogen and oxygen atoms in total. The van der Waals surface area contributed by atoms with E-state index in [1.54, 1.807) is 0 Å². The standard InChI is InChI=1S/C11H19N3O3/c15-10(13-11(16)12-9-2-3-9)8-14-4-1-6-17-7-5-14/h9H,1-8H2,(H2,12,13,15,16). The van der Waals surface area contributed by atoms with Crippen LogP contribution in [0, 0.1) is 0 Å². The van der Waals surface area contributed by atoms with Crippen LogP contribution in [0.25, 0.3) is 0 Å². The summed E-state index contributed by atoms with van der Waals surface area (Å²) in [4.78, 5) is 24.9. The highest BCUT2D eigenvalue weighted by atomic mass is 16.5. The molecule has 0 radical (unpaired) electrons. The molecule has 3 amide bonds. The Bertz CT molecular complexity index is 284. The molecular formula is C11H19N3O3. The van der Waals surface area contributed by atoms with Crippen molar-refractivity contribution < 1.29 is 14.3 Å². The van der Waals surface area contributed by atoms with Gasteiger partial charge in [-0.3, -0.25) is 15.0 Å². The van der Waals surface area contributed by atoms with Crippen molar-refractivity contribution in [1.82, 2.24) is 15.5 Å². The average Bonchev–Trinajstić information content (AvgIpc) is 3.05. The highest BCUT2D eigenvalue weighted by molar-refractivity contribution is 5.95. The van der Waals surface area contributed by atoms with Crippen LogP contribution in [0.1, 0.15) is 19.3 Å². The van der Waals surface area contributed by atoms with Crippen molar-refractivity contribution in [3.05, 3.63) is 0 Å². The molecule has 1 aliphatic carbocycles. The maximum atomic E-state index is 11.6. The first-order valence-corrected chi connectivity index (χ1v) is 6.14. The van der Waals surface area contributed by atoms with Gasteiger partial charge in [-0.25, -0.2) is 4.79 Å². The van der Waals surface area contributed by atoms with Gasteiger partial charge in [0.2, 0.25) is 5.91 Å². The van der Waals surface area contributed by atoms with Gasteiger partial charge in [-0.15, -0.1) is 0 Å². The van der Waals surface area contributed by atoms with E-state index in [4.69, 9.17) is 4.74 Å². The highest BCUT2D eigenvalue weighted by Gasteiger charge is 2.24. The first-order valence-electron chi connectivity index (χ1n) is 6.14. The lowest BCUT2D eigenvalue weighted by atomic mass is 10.4. The van der Waals surface area contributed by atoms with Crippen molar-refractivity contribution in [3.8, 4) is 0 Å². The fourth-order valence-corrected chi connectivity index (χ4v) is 1.77.